The van der Waals surface area contributed by atoms with Crippen molar-refractivity contribution in [3.63, 3.8) is 0 Å². The Bertz CT molecular complexity index is 467. The first-order chi connectivity index (χ1) is 9.11. The van der Waals surface area contributed by atoms with Gasteiger partial charge in [-0.05, 0) is 32.4 Å². The molecule has 1 aliphatic heterocycles. The lowest BCUT2D eigenvalue weighted by Crippen LogP contribution is -2.39. The summed E-state index contributed by atoms with van der Waals surface area (Å²) in [5, 5.41) is 6.33. The van der Waals surface area contributed by atoms with Gasteiger partial charge < -0.3 is 15.4 Å². The number of nitrogens with one attached hydrogen (secondary N) is 2. The van der Waals surface area contributed by atoms with Crippen molar-refractivity contribution >= 4 is 23.3 Å². The maximum Gasteiger partial charge on any atom is 0.271 e. The van der Waals surface area contributed by atoms with Gasteiger partial charge in [0.05, 0.1) is 17.2 Å². The van der Waals surface area contributed by atoms with Gasteiger partial charge in [-0.25, -0.2) is 4.98 Å². The van der Waals surface area contributed by atoms with Crippen LogP contribution in [0.1, 0.15) is 30.8 Å². The molecule has 2 N–H and O–H groups in total. The Morgan fingerprint density at radius 1 is 1.58 bits per heavy atom. The molecule has 0 saturated carbocycles. The molecule has 5 nitrogen and oxygen atoms in total. The minimum Gasteiger partial charge on any atom is -0.376 e. The van der Waals surface area contributed by atoms with E-state index in [2.05, 4.69) is 15.6 Å². The number of halogens is 1. The number of aromatic nitrogens is 1. The molecule has 0 bridgehead atoms. The fraction of sp³-hybridized carbons (Fsp3) is 0.538. The van der Waals surface area contributed by atoms with Crippen LogP contribution in [0.5, 0.6) is 0 Å². The number of hydrogen-bond donors (Lipinski definition) is 2. The minimum absolute atomic E-state index is 0.0214. The lowest BCUT2D eigenvalue weighted by molar-refractivity contribution is 0.0862. The van der Waals surface area contributed by atoms with Crippen molar-refractivity contribution in [2.75, 3.05) is 18.5 Å². The van der Waals surface area contributed by atoms with E-state index in [0.717, 1.165) is 13.0 Å². The first-order valence-corrected chi connectivity index (χ1v) is 6.82. The fourth-order valence-corrected chi connectivity index (χ4v) is 2.23. The van der Waals surface area contributed by atoms with Crippen molar-refractivity contribution in [3.8, 4) is 0 Å². The number of hydrogen-bond acceptors (Lipinski definition) is 4. The van der Waals surface area contributed by atoms with Crippen molar-refractivity contribution in [1.29, 1.82) is 0 Å². The van der Waals surface area contributed by atoms with Gasteiger partial charge in [0.2, 0.25) is 0 Å². The van der Waals surface area contributed by atoms with E-state index in [9.17, 15) is 4.79 Å². The van der Waals surface area contributed by atoms with E-state index in [1.807, 2.05) is 13.8 Å². The summed E-state index contributed by atoms with van der Waals surface area (Å²) < 4.78 is 5.41. The van der Waals surface area contributed by atoms with Gasteiger partial charge in [-0.2, -0.15) is 0 Å². The first kappa shape index (κ1) is 14.1. The largest absolute Gasteiger partial charge is 0.376 e. The fourth-order valence-electron chi connectivity index (χ4n) is 2.04. The minimum atomic E-state index is -0.257. The summed E-state index contributed by atoms with van der Waals surface area (Å²) in [6, 6.07) is 3.45. The standard InChI is InChI=1S/C13H18ClN3O2/c1-3-15-11-5-4-9(14)12(17-11)13(18)16-10-6-7-19-8(10)2/h4-5,8,10H,3,6-7H2,1-2H3,(H,15,17)(H,16,18). The van der Waals surface area contributed by atoms with Crippen LogP contribution in [0.25, 0.3) is 0 Å². The van der Waals surface area contributed by atoms with Crippen LogP contribution in [-0.2, 0) is 4.74 Å². The predicted octanol–water partition coefficient (Wildman–Crippen LogP) is 2.07. The molecule has 0 radical (unpaired) electrons. The normalized spacial score (nSPS) is 22.3. The smallest absolute Gasteiger partial charge is 0.271 e. The van der Waals surface area contributed by atoms with Gasteiger partial charge in [-0.1, -0.05) is 11.6 Å². The van der Waals surface area contributed by atoms with Crippen molar-refractivity contribution < 1.29 is 9.53 Å². The molecule has 1 fully saturated rings. The Morgan fingerprint density at radius 3 is 3.00 bits per heavy atom. The summed E-state index contributed by atoms with van der Waals surface area (Å²) in [5.74, 6) is 0.389. The van der Waals surface area contributed by atoms with E-state index in [1.54, 1.807) is 12.1 Å². The van der Waals surface area contributed by atoms with Crippen LogP contribution < -0.4 is 10.6 Å². The second-order valence-electron chi connectivity index (χ2n) is 4.50. The van der Waals surface area contributed by atoms with Gasteiger partial charge in [0.25, 0.3) is 5.91 Å². The topological polar surface area (TPSA) is 63.2 Å². The molecule has 1 aliphatic rings. The van der Waals surface area contributed by atoms with E-state index in [4.69, 9.17) is 16.3 Å². The summed E-state index contributed by atoms with van der Waals surface area (Å²) in [7, 11) is 0. The average molecular weight is 284 g/mol. The maximum absolute atomic E-state index is 12.2. The van der Waals surface area contributed by atoms with Crippen molar-refractivity contribution in [2.45, 2.75) is 32.4 Å². The molecule has 2 rings (SSSR count). The molecule has 6 heteroatoms. The second-order valence-corrected chi connectivity index (χ2v) is 4.91. The molecule has 2 atom stereocenters. The molecule has 0 aromatic carbocycles. The highest BCUT2D eigenvalue weighted by molar-refractivity contribution is 6.33. The number of rotatable bonds is 4. The summed E-state index contributed by atoms with van der Waals surface area (Å²) in [5.41, 5.74) is 0.249. The number of anilines is 1. The van der Waals surface area contributed by atoms with Gasteiger partial charge >= 0.3 is 0 Å². The SMILES string of the molecule is CCNc1ccc(Cl)c(C(=O)NC2CCOC2C)n1. The van der Waals surface area contributed by atoms with E-state index >= 15 is 0 Å². The van der Waals surface area contributed by atoms with Gasteiger partial charge in [0, 0.05) is 13.2 Å². The van der Waals surface area contributed by atoms with Gasteiger partial charge in [0.1, 0.15) is 11.5 Å². The third-order valence-corrected chi connectivity index (χ3v) is 3.42. The molecule has 1 saturated heterocycles. The van der Waals surface area contributed by atoms with Crippen LogP contribution in [0, 0.1) is 0 Å². The Balaban J connectivity index is 2.11. The molecule has 0 aliphatic carbocycles. The molecule has 19 heavy (non-hydrogen) atoms. The zero-order valence-corrected chi connectivity index (χ0v) is 11.8. The number of nitrogens with zero attached hydrogens (tertiary/aromatic N) is 1. The van der Waals surface area contributed by atoms with Gasteiger partial charge in [-0.15, -0.1) is 0 Å². The van der Waals surface area contributed by atoms with Crippen LogP contribution >= 0.6 is 11.6 Å². The Kier molecular flexibility index (Phi) is 4.61. The van der Waals surface area contributed by atoms with Crippen molar-refractivity contribution in [1.82, 2.24) is 10.3 Å². The Hall–Kier alpha value is -1.33. The highest BCUT2D eigenvalue weighted by Gasteiger charge is 2.27. The number of carbonyl (C=O) groups is 1. The van der Waals surface area contributed by atoms with E-state index in [-0.39, 0.29) is 23.7 Å². The molecule has 0 spiro atoms. The number of carbonyl (C=O) groups excluding carboxylic acids is 1. The summed E-state index contributed by atoms with van der Waals surface area (Å²) in [6.45, 7) is 5.32. The highest BCUT2D eigenvalue weighted by Crippen LogP contribution is 2.18. The third kappa shape index (κ3) is 3.36. The van der Waals surface area contributed by atoms with Gasteiger partial charge in [-0.3, -0.25) is 4.79 Å². The summed E-state index contributed by atoms with van der Waals surface area (Å²) in [6.07, 6.45) is 0.844. The molecule has 2 unspecified atom stereocenters. The predicted molar refractivity (Wildman–Crippen MR) is 74.7 cm³/mol. The monoisotopic (exact) mass is 283 g/mol. The van der Waals surface area contributed by atoms with Crippen LogP contribution in [-0.4, -0.2) is 36.2 Å². The number of ether oxygens (including phenoxy) is 1. The third-order valence-electron chi connectivity index (χ3n) is 3.11. The van der Waals surface area contributed by atoms with Crippen LogP contribution in [0.2, 0.25) is 5.02 Å². The number of amides is 1. The lowest BCUT2D eigenvalue weighted by Gasteiger charge is -2.16. The Labute approximate surface area is 117 Å². The van der Waals surface area contributed by atoms with Crippen LogP contribution in [0.15, 0.2) is 12.1 Å². The van der Waals surface area contributed by atoms with Crippen molar-refractivity contribution in [3.05, 3.63) is 22.8 Å². The van der Waals surface area contributed by atoms with E-state index < -0.39 is 0 Å². The molecule has 1 aromatic heterocycles. The zero-order valence-electron chi connectivity index (χ0n) is 11.1. The van der Waals surface area contributed by atoms with Crippen LogP contribution in [0.4, 0.5) is 5.82 Å². The molecular formula is C13H18ClN3O2. The first-order valence-electron chi connectivity index (χ1n) is 6.44. The summed E-state index contributed by atoms with van der Waals surface area (Å²) in [4.78, 5) is 16.4. The molecular weight excluding hydrogens is 266 g/mol. The number of pyridine rings is 1. The molecule has 2 heterocycles. The Morgan fingerprint density at radius 2 is 2.37 bits per heavy atom. The van der Waals surface area contributed by atoms with Crippen molar-refractivity contribution in [2.24, 2.45) is 0 Å². The molecule has 104 valence electrons. The lowest BCUT2D eigenvalue weighted by atomic mass is 10.1. The average Bonchev–Trinajstić information content (AvgIpc) is 2.77. The van der Waals surface area contributed by atoms with E-state index in [0.29, 0.717) is 17.4 Å². The van der Waals surface area contributed by atoms with Gasteiger partial charge in [0.15, 0.2) is 0 Å². The second kappa shape index (κ2) is 6.21. The van der Waals surface area contributed by atoms with Crippen LogP contribution in [0.3, 0.4) is 0 Å². The zero-order chi connectivity index (χ0) is 13.8. The molecule has 1 aromatic rings. The maximum atomic E-state index is 12.2. The summed E-state index contributed by atoms with van der Waals surface area (Å²) >= 11 is 6.03. The highest BCUT2D eigenvalue weighted by atomic mass is 35.5. The molecule has 1 amide bonds. The quantitative estimate of drug-likeness (QED) is 0.888. The van der Waals surface area contributed by atoms with E-state index in [1.165, 1.54) is 0 Å².